The molecular formula is C14H18N2O5. The van der Waals surface area contributed by atoms with Gasteiger partial charge in [0.25, 0.3) is 0 Å². The number of carbonyl (C=O) groups excluding carboxylic acids is 1. The summed E-state index contributed by atoms with van der Waals surface area (Å²) in [4.78, 5) is 11.6. The number of hydrogen-bond donors (Lipinski definition) is 1. The molecule has 2 heterocycles. The van der Waals surface area contributed by atoms with Crippen LogP contribution in [0.2, 0.25) is 0 Å². The molecule has 1 unspecified atom stereocenters. The highest BCUT2D eigenvalue weighted by molar-refractivity contribution is 5.77. The molecule has 1 atom stereocenters. The maximum atomic E-state index is 11.6. The van der Waals surface area contributed by atoms with Crippen molar-refractivity contribution >= 4 is 5.91 Å². The van der Waals surface area contributed by atoms with Crippen molar-refractivity contribution in [2.24, 2.45) is 0 Å². The van der Waals surface area contributed by atoms with Crippen molar-refractivity contribution in [2.45, 2.75) is 19.6 Å². The first-order valence-corrected chi connectivity index (χ1v) is 6.54. The molecule has 0 saturated heterocycles. The number of hydrogen-bond acceptors (Lipinski definition) is 6. The van der Waals surface area contributed by atoms with E-state index in [0.717, 1.165) is 0 Å². The third-order valence-corrected chi connectivity index (χ3v) is 2.63. The quantitative estimate of drug-likeness (QED) is 0.795. The van der Waals surface area contributed by atoms with Gasteiger partial charge in [-0.15, -0.1) is 0 Å². The van der Waals surface area contributed by atoms with E-state index in [4.69, 9.17) is 18.4 Å². The number of furan rings is 1. The number of rotatable bonds is 8. The van der Waals surface area contributed by atoms with E-state index in [9.17, 15) is 4.79 Å². The highest BCUT2D eigenvalue weighted by atomic mass is 16.5. The molecule has 21 heavy (non-hydrogen) atoms. The van der Waals surface area contributed by atoms with Gasteiger partial charge in [0.1, 0.15) is 12.3 Å². The Labute approximate surface area is 122 Å². The van der Waals surface area contributed by atoms with Crippen molar-refractivity contribution in [3.8, 4) is 11.5 Å². The minimum atomic E-state index is -0.200. The van der Waals surface area contributed by atoms with Gasteiger partial charge in [-0.1, -0.05) is 5.16 Å². The number of amides is 1. The summed E-state index contributed by atoms with van der Waals surface area (Å²) in [6.07, 6.45) is 1.56. The Morgan fingerprint density at radius 2 is 2.33 bits per heavy atom. The Hall–Kier alpha value is -2.12. The fourth-order valence-corrected chi connectivity index (χ4v) is 1.77. The largest absolute Gasteiger partial charge is 0.461 e. The first-order valence-electron chi connectivity index (χ1n) is 6.54. The lowest BCUT2D eigenvalue weighted by Gasteiger charge is -2.12. The summed E-state index contributed by atoms with van der Waals surface area (Å²) in [5.41, 5.74) is 0.596. The van der Waals surface area contributed by atoms with Gasteiger partial charge in [-0.2, -0.15) is 0 Å². The normalized spacial score (nSPS) is 12.3. The average molecular weight is 294 g/mol. The topological polar surface area (TPSA) is 86.7 Å². The summed E-state index contributed by atoms with van der Waals surface area (Å²) >= 11 is 0. The van der Waals surface area contributed by atoms with E-state index in [1.165, 1.54) is 0 Å². The summed E-state index contributed by atoms with van der Waals surface area (Å²) in [6, 6.07) is 5.20. The van der Waals surface area contributed by atoms with Crippen molar-refractivity contribution in [1.82, 2.24) is 10.5 Å². The first kappa shape index (κ1) is 15.3. The first-order chi connectivity index (χ1) is 10.2. The van der Waals surface area contributed by atoms with Crippen molar-refractivity contribution in [2.75, 3.05) is 20.3 Å². The Balaban J connectivity index is 1.73. The minimum Gasteiger partial charge on any atom is -0.461 e. The molecular weight excluding hydrogens is 276 g/mol. The molecule has 114 valence electrons. The van der Waals surface area contributed by atoms with Gasteiger partial charge in [0.05, 0.1) is 19.5 Å². The van der Waals surface area contributed by atoms with Crippen LogP contribution in [-0.4, -0.2) is 37.4 Å². The third-order valence-electron chi connectivity index (χ3n) is 2.63. The molecule has 0 aliphatic rings. The summed E-state index contributed by atoms with van der Waals surface area (Å²) in [5.74, 6) is 0.922. The highest BCUT2D eigenvalue weighted by Gasteiger charge is 2.11. The van der Waals surface area contributed by atoms with Gasteiger partial charge in [-0.3, -0.25) is 4.79 Å². The molecule has 7 heteroatoms. The highest BCUT2D eigenvalue weighted by Crippen LogP contribution is 2.20. The van der Waals surface area contributed by atoms with E-state index in [0.29, 0.717) is 23.8 Å². The van der Waals surface area contributed by atoms with Crippen LogP contribution < -0.4 is 5.32 Å². The van der Waals surface area contributed by atoms with Crippen LogP contribution in [0.4, 0.5) is 0 Å². The lowest BCUT2D eigenvalue weighted by Crippen LogP contribution is -2.37. The lowest BCUT2D eigenvalue weighted by atomic mass is 10.3. The molecule has 2 aromatic heterocycles. The molecule has 0 saturated carbocycles. The smallest absolute Gasteiger partial charge is 0.246 e. The van der Waals surface area contributed by atoms with Crippen LogP contribution in [0.1, 0.15) is 12.6 Å². The van der Waals surface area contributed by atoms with Gasteiger partial charge in [0, 0.05) is 19.2 Å². The van der Waals surface area contributed by atoms with Gasteiger partial charge < -0.3 is 23.7 Å². The summed E-state index contributed by atoms with van der Waals surface area (Å²) in [5, 5.41) is 6.59. The zero-order valence-corrected chi connectivity index (χ0v) is 12.0. The molecule has 0 radical (unpaired) electrons. The Morgan fingerprint density at radius 3 is 3.05 bits per heavy atom. The zero-order valence-electron chi connectivity index (χ0n) is 12.0. The van der Waals surface area contributed by atoms with Crippen LogP contribution in [0.3, 0.4) is 0 Å². The molecule has 0 bridgehead atoms. The van der Waals surface area contributed by atoms with Crippen LogP contribution in [0.15, 0.2) is 33.4 Å². The van der Waals surface area contributed by atoms with E-state index in [1.54, 1.807) is 31.6 Å². The third kappa shape index (κ3) is 4.73. The van der Waals surface area contributed by atoms with Crippen LogP contribution in [0.5, 0.6) is 0 Å². The average Bonchev–Trinajstić information content (AvgIpc) is 3.09. The van der Waals surface area contributed by atoms with Gasteiger partial charge in [-0.05, 0) is 19.1 Å². The molecule has 2 rings (SSSR count). The van der Waals surface area contributed by atoms with Gasteiger partial charge in [0.2, 0.25) is 11.7 Å². The molecule has 1 amide bonds. The van der Waals surface area contributed by atoms with Crippen molar-refractivity contribution < 1.29 is 23.2 Å². The van der Waals surface area contributed by atoms with Crippen LogP contribution in [-0.2, 0) is 20.9 Å². The molecule has 0 aliphatic heterocycles. The summed E-state index contributed by atoms with van der Waals surface area (Å²) < 4.78 is 20.5. The van der Waals surface area contributed by atoms with Crippen LogP contribution >= 0.6 is 0 Å². The fourth-order valence-electron chi connectivity index (χ4n) is 1.77. The number of aromatic nitrogens is 1. The number of ether oxygens (including phenoxy) is 2. The van der Waals surface area contributed by atoms with E-state index >= 15 is 0 Å². The lowest BCUT2D eigenvalue weighted by molar-refractivity contribution is -0.127. The van der Waals surface area contributed by atoms with Gasteiger partial charge in [0.15, 0.2) is 5.76 Å². The van der Waals surface area contributed by atoms with Crippen molar-refractivity contribution in [3.63, 3.8) is 0 Å². The maximum Gasteiger partial charge on any atom is 0.246 e. The fraction of sp³-hybridized carbons (Fsp3) is 0.429. The summed E-state index contributed by atoms with van der Waals surface area (Å²) in [7, 11) is 1.58. The second kappa shape index (κ2) is 7.61. The predicted molar refractivity (Wildman–Crippen MR) is 73.3 cm³/mol. The van der Waals surface area contributed by atoms with Gasteiger partial charge >= 0.3 is 0 Å². The second-order valence-corrected chi connectivity index (χ2v) is 4.58. The molecule has 1 N–H and O–H groups in total. The summed E-state index contributed by atoms with van der Waals surface area (Å²) in [6.45, 7) is 2.46. The Morgan fingerprint density at radius 1 is 1.48 bits per heavy atom. The molecule has 0 fully saturated rings. The SMILES string of the molecule is COCC(C)NC(=O)COCc1cc(-c2ccco2)on1. The second-order valence-electron chi connectivity index (χ2n) is 4.58. The number of nitrogens with one attached hydrogen (secondary N) is 1. The van der Waals surface area contributed by atoms with Gasteiger partial charge in [-0.25, -0.2) is 0 Å². The Kier molecular flexibility index (Phi) is 5.53. The molecule has 7 nitrogen and oxygen atoms in total. The predicted octanol–water partition coefficient (Wildman–Crippen LogP) is 1.60. The molecule has 0 aromatic carbocycles. The number of methoxy groups -OCH3 is 1. The zero-order chi connectivity index (χ0) is 15.1. The molecule has 0 aliphatic carbocycles. The van der Waals surface area contributed by atoms with Crippen molar-refractivity contribution in [3.05, 3.63) is 30.2 Å². The monoisotopic (exact) mass is 294 g/mol. The van der Waals surface area contributed by atoms with E-state index in [1.807, 2.05) is 6.92 Å². The van der Waals surface area contributed by atoms with E-state index in [-0.39, 0.29) is 25.2 Å². The van der Waals surface area contributed by atoms with E-state index < -0.39 is 0 Å². The molecule has 0 spiro atoms. The number of carbonyl (C=O) groups is 1. The standard InChI is InChI=1S/C14H18N2O5/c1-10(7-18-2)15-14(17)9-19-8-11-6-13(21-16-11)12-4-3-5-20-12/h3-6,10H,7-9H2,1-2H3,(H,15,17). The molecule has 2 aromatic rings. The van der Waals surface area contributed by atoms with Crippen molar-refractivity contribution in [1.29, 1.82) is 0 Å². The van der Waals surface area contributed by atoms with Crippen LogP contribution in [0.25, 0.3) is 11.5 Å². The van der Waals surface area contributed by atoms with E-state index in [2.05, 4.69) is 10.5 Å². The number of nitrogens with zero attached hydrogens (tertiary/aromatic N) is 1. The van der Waals surface area contributed by atoms with Crippen LogP contribution in [0, 0.1) is 0 Å². The minimum absolute atomic E-state index is 0.0446. The Bertz CT molecular complexity index is 549. The maximum absolute atomic E-state index is 11.6.